The molecule has 9 rings (SSSR count). The van der Waals surface area contributed by atoms with E-state index in [0.717, 1.165) is 76.5 Å². The molecule has 0 bridgehead atoms. The molecule has 5 heterocycles. The normalized spacial score (nSPS) is 14.8. The molecule has 4 aromatic carbocycles. The lowest BCUT2D eigenvalue weighted by Gasteiger charge is -2.20. The predicted octanol–water partition coefficient (Wildman–Crippen LogP) is 9.37. The first-order valence-corrected chi connectivity index (χ1v) is 19.6. The van der Waals surface area contributed by atoms with Crippen LogP contribution in [0.2, 0.25) is 0 Å². The lowest BCUT2D eigenvalue weighted by atomic mass is 9.98. The van der Waals surface area contributed by atoms with Gasteiger partial charge in [0.05, 0.1) is 0 Å². The van der Waals surface area contributed by atoms with Gasteiger partial charge in [-0.3, -0.25) is 4.79 Å². The number of amides is 1. The molecule has 0 spiro atoms. The Morgan fingerprint density at radius 1 is 0.656 bits per heavy atom. The van der Waals surface area contributed by atoms with E-state index in [1.165, 1.54) is 24.3 Å². The molecule has 6 aromatic rings. The second-order valence-corrected chi connectivity index (χ2v) is 14.1. The van der Waals surface area contributed by atoms with Crippen molar-refractivity contribution in [2.45, 2.75) is 39.2 Å². The number of carbonyl (C=O) groups excluding carboxylic acids is 1. The van der Waals surface area contributed by atoms with E-state index in [2.05, 4.69) is 20.6 Å². The lowest BCUT2D eigenvalue weighted by molar-refractivity contribution is 0.101. The van der Waals surface area contributed by atoms with Crippen molar-refractivity contribution in [2.24, 2.45) is 0 Å². The molecule has 10 nitrogen and oxygen atoms in total. The van der Waals surface area contributed by atoms with Gasteiger partial charge in [0.2, 0.25) is 0 Å². The molecule has 1 unspecified atom stereocenters. The quantitative estimate of drug-likeness (QED) is 0.120. The molecule has 3 aliphatic rings. The third kappa shape index (κ3) is 10.6. The van der Waals surface area contributed by atoms with Gasteiger partial charge in [-0.05, 0) is 122 Å². The van der Waals surface area contributed by atoms with Crippen molar-refractivity contribution < 1.29 is 46.0 Å². The summed E-state index contributed by atoms with van der Waals surface area (Å²) in [5.74, 6) is -0.344. The number of ether oxygens (including phenoxy) is 5. The van der Waals surface area contributed by atoms with Gasteiger partial charge in [-0.2, -0.15) is 0 Å². The summed E-state index contributed by atoms with van der Waals surface area (Å²) >= 11 is 0. The average molecular weight is 833 g/mol. The highest BCUT2D eigenvalue weighted by molar-refractivity contribution is 6.11. The topological polar surface area (TPSA) is 113 Å². The zero-order chi connectivity index (χ0) is 42.9. The number of pyridine rings is 2. The second-order valence-electron chi connectivity index (χ2n) is 14.1. The smallest absolute Gasteiger partial charge is 0.262 e. The van der Waals surface area contributed by atoms with Crippen molar-refractivity contribution in [1.82, 2.24) is 9.97 Å². The van der Waals surface area contributed by atoms with Crippen LogP contribution >= 0.6 is 0 Å². The summed E-state index contributed by atoms with van der Waals surface area (Å²) in [5, 5.41) is 5.36. The van der Waals surface area contributed by atoms with Gasteiger partial charge in [0.25, 0.3) is 5.91 Å². The van der Waals surface area contributed by atoms with Crippen molar-refractivity contribution in [3.63, 3.8) is 0 Å². The third-order valence-corrected chi connectivity index (χ3v) is 9.83. The Labute approximate surface area is 351 Å². The van der Waals surface area contributed by atoms with Crippen LogP contribution in [0, 0.1) is 37.1 Å². The highest BCUT2D eigenvalue weighted by atomic mass is 19.1. The number of hydrogen-bond acceptors (Lipinski definition) is 9. The molecule has 15 heteroatoms. The Balaban J connectivity index is 0.000000162. The standard InChI is InChI=1S/C21H16F2N2O3.C21H18F2N2O2.C4H7BO/c1-12-9-17-18(28-8-7-27-17)10-14(12)13-5-6-19(24-11-13)25-21(26)20-15(22)3-2-4-16(20)23;1-13-9-19-20(27-8-7-26-19)10-15(13)14-5-6-21(24-11-14)25-12-16-17(22)3-2-4-18(16)23;5-4-2-1-3-6-4/h2-6,9-11H,7-8H2,1H3,(H,24,25,26);2-6,9-11H,7-8,12H2,1H3,(H,24,25);4H,1-3H2. The number of nitrogens with zero attached hydrogens (tertiary/aromatic N) is 2. The molecule has 2 aromatic heterocycles. The summed E-state index contributed by atoms with van der Waals surface area (Å²) in [5.41, 5.74) is 5.03. The number of aromatic nitrogens is 2. The Bertz CT molecular complexity index is 2450. The minimum atomic E-state index is -0.930. The van der Waals surface area contributed by atoms with Gasteiger partial charge < -0.3 is 34.3 Å². The minimum Gasteiger partial charge on any atom is -0.486 e. The van der Waals surface area contributed by atoms with E-state index in [1.807, 2.05) is 44.2 Å². The van der Waals surface area contributed by atoms with Crippen LogP contribution < -0.4 is 29.6 Å². The molecule has 312 valence electrons. The molecule has 0 saturated carbocycles. The predicted molar refractivity (Wildman–Crippen MR) is 224 cm³/mol. The van der Waals surface area contributed by atoms with E-state index < -0.39 is 34.7 Å². The molecular formula is C46H41BF4N4O6. The summed E-state index contributed by atoms with van der Waals surface area (Å²) in [7, 11) is 5.31. The zero-order valence-corrected chi connectivity index (χ0v) is 33.4. The largest absolute Gasteiger partial charge is 0.486 e. The van der Waals surface area contributed by atoms with E-state index in [-0.39, 0.29) is 23.9 Å². The first-order chi connectivity index (χ1) is 29.5. The maximum atomic E-state index is 13.7. The number of hydrogen-bond donors (Lipinski definition) is 2. The minimum absolute atomic E-state index is 0.00828. The van der Waals surface area contributed by atoms with Crippen molar-refractivity contribution in [2.75, 3.05) is 43.7 Å². The highest BCUT2D eigenvalue weighted by Gasteiger charge is 2.19. The van der Waals surface area contributed by atoms with E-state index >= 15 is 0 Å². The first-order valence-electron chi connectivity index (χ1n) is 19.6. The van der Waals surface area contributed by atoms with Gasteiger partial charge >= 0.3 is 0 Å². The fraction of sp³-hybridized carbons (Fsp3) is 0.239. The number of halogens is 4. The molecule has 2 radical (unpaired) electrons. The van der Waals surface area contributed by atoms with Gasteiger partial charge in [0.15, 0.2) is 23.0 Å². The van der Waals surface area contributed by atoms with Gasteiger partial charge in [-0.25, -0.2) is 27.5 Å². The summed E-state index contributed by atoms with van der Waals surface area (Å²) in [6, 6.07) is 21.8. The monoisotopic (exact) mass is 832 g/mol. The first kappa shape index (κ1) is 42.5. The fourth-order valence-electron chi connectivity index (χ4n) is 6.66. The second kappa shape index (κ2) is 19.6. The number of fused-ring (bicyclic) bond motifs is 2. The number of anilines is 2. The van der Waals surface area contributed by atoms with Crippen molar-refractivity contribution in [3.05, 3.63) is 143 Å². The summed E-state index contributed by atoms with van der Waals surface area (Å²) in [4.78, 5) is 20.7. The molecule has 1 amide bonds. The van der Waals surface area contributed by atoms with Gasteiger partial charge in [-0.1, -0.05) is 12.1 Å². The van der Waals surface area contributed by atoms with Crippen LogP contribution in [0.4, 0.5) is 29.2 Å². The summed E-state index contributed by atoms with van der Waals surface area (Å²) in [6.45, 7) is 6.93. The number of rotatable bonds is 7. The molecule has 3 aliphatic heterocycles. The van der Waals surface area contributed by atoms with Crippen LogP contribution in [0.3, 0.4) is 0 Å². The summed E-state index contributed by atoms with van der Waals surface area (Å²) in [6.07, 6.45) is 5.48. The van der Waals surface area contributed by atoms with Gasteiger partial charge in [0.1, 0.15) is 74.7 Å². The van der Waals surface area contributed by atoms with E-state index in [9.17, 15) is 22.4 Å². The van der Waals surface area contributed by atoms with E-state index in [4.69, 9.17) is 31.5 Å². The molecule has 1 saturated heterocycles. The van der Waals surface area contributed by atoms with Crippen molar-refractivity contribution in [1.29, 1.82) is 0 Å². The van der Waals surface area contributed by atoms with Gasteiger partial charge in [-0.15, -0.1) is 0 Å². The molecular weight excluding hydrogens is 791 g/mol. The molecule has 1 atom stereocenters. The van der Waals surface area contributed by atoms with Crippen LogP contribution in [-0.4, -0.2) is 62.8 Å². The molecule has 0 aliphatic carbocycles. The maximum Gasteiger partial charge on any atom is 0.262 e. The molecule has 61 heavy (non-hydrogen) atoms. The van der Waals surface area contributed by atoms with Crippen LogP contribution in [0.5, 0.6) is 23.0 Å². The number of nitrogens with one attached hydrogen (secondary N) is 2. The maximum absolute atomic E-state index is 13.7. The Morgan fingerprint density at radius 3 is 1.56 bits per heavy atom. The van der Waals surface area contributed by atoms with Crippen molar-refractivity contribution >= 4 is 25.4 Å². The van der Waals surface area contributed by atoms with Gasteiger partial charge in [0, 0.05) is 48.2 Å². The van der Waals surface area contributed by atoms with E-state index in [0.29, 0.717) is 43.7 Å². The Kier molecular flexibility index (Phi) is 13.7. The van der Waals surface area contributed by atoms with E-state index in [1.54, 1.807) is 30.6 Å². The molecule has 1 fully saturated rings. The Morgan fingerprint density at radius 2 is 1.13 bits per heavy atom. The highest BCUT2D eigenvalue weighted by Crippen LogP contribution is 2.38. The van der Waals surface area contributed by atoms with Crippen LogP contribution in [0.1, 0.15) is 39.9 Å². The number of carbonyl (C=O) groups is 1. The van der Waals surface area contributed by atoms with Crippen LogP contribution in [-0.2, 0) is 11.3 Å². The summed E-state index contributed by atoms with van der Waals surface area (Å²) < 4.78 is 82.2. The van der Waals surface area contributed by atoms with Crippen LogP contribution in [0.25, 0.3) is 22.3 Å². The number of benzene rings is 4. The van der Waals surface area contributed by atoms with Crippen molar-refractivity contribution in [3.8, 4) is 45.3 Å². The molecule has 2 N–H and O–H groups in total. The third-order valence-electron chi connectivity index (χ3n) is 9.83. The van der Waals surface area contributed by atoms with Crippen LogP contribution in [0.15, 0.2) is 97.3 Å². The zero-order valence-electron chi connectivity index (χ0n) is 33.4. The average Bonchev–Trinajstić information content (AvgIpc) is 3.75. The lowest BCUT2D eigenvalue weighted by Crippen LogP contribution is -2.16. The number of aryl methyl sites for hydroxylation is 2. The Hall–Kier alpha value is -6.61. The fourth-order valence-corrected chi connectivity index (χ4v) is 6.66. The SMILES string of the molecule is Cc1cc2c(cc1-c1ccc(NC(=O)c3c(F)cccc3F)nc1)OCCO2.Cc1cc2c(cc1-c1ccc(NCc3c(F)cccc3F)nc1)OCCO2.[B]C1CCCO1.